The van der Waals surface area contributed by atoms with Crippen LogP contribution in [0.5, 0.6) is 0 Å². The van der Waals surface area contributed by atoms with Gasteiger partial charge in [-0.2, -0.15) is 0 Å². The summed E-state index contributed by atoms with van der Waals surface area (Å²) in [6.07, 6.45) is 0. The summed E-state index contributed by atoms with van der Waals surface area (Å²) >= 11 is 9.35. The molecule has 0 aromatic heterocycles. The molecule has 1 atom stereocenters. The van der Waals surface area contributed by atoms with Crippen molar-refractivity contribution in [2.24, 2.45) is 0 Å². The molecule has 0 fully saturated rings. The van der Waals surface area contributed by atoms with Crippen LogP contribution in [0, 0.1) is 0 Å². The normalized spacial score (nSPS) is 12.9. The summed E-state index contributed by atoms with van der Waals surface area (Å²) in [5, 5.41) is 4.10. The van der Waals surface area contributed by atoms with Crippen molar-refractivity contribution in [1.29, 1.82) is 0 Å². The molecule has 0 saturated carbocycles. The van der Waals surface area contributed by atoms with Gasteiger partial charge in [-0.1, -0.05) is 24.6 Å². The first-order chi connectivity index (χ1) is 6.15. The molecule has 0 aliphatic rings. The van der Waals surface area contributed by atoms with Crippen LogP contribution in [0.2, 0.25) is 5.02 Å². The van der Waals surface area contributed by atoms with Gasteiger partial charge in [-0.3, -0.25) is 0 Å². The van der Waals surface area contributed by atoms with E-state index < -0.39 is 0 Å². The van der Waals surface area contributed by atoms with E-state index in [2.05, 4.69) is 41.2 Å². The zero-order valence-electron chi connectivity index (χ0n) is 7.77. The zero-order valence-corrected chi connectivity index (χ0v) is 10.1. The van der Waals surface area contributed by atoms with Crippen molar-refractivity contribution in [3.63, 3.8) is 0 Å². The lowest BCUT2D eigenvalue weighted by Crippen LogP contribution is -2.17. The van der Waals surface area contributed by atoms with E-state index in [-0.39, 0.29) is 0 Å². The summed E-state index contributed by atoms with van der Waals surface area (Å²) in [6, 6.07) is 6.39. The molecule has 72 valence electrons. The Morgan fingerprint density at radius 3 is 2.77 bits per heavy atom. The third-order valence-corrected chi connectivity index (χ3v) is 3.19. The van der Waals surface area contributed by atoms with Gasteiger partial charge in [0.25, 0.3) is 0 Å². The van der Waals surface area contributed by atoms with Crippen LogP contribution < -0.4 is 5.32 Å². The first kappa shape index (κ1) is 11.0. The van der Waals surface area contributed by atoms with Gasteiger partial charge in [0, 0.05) is 10.5 Å². The molecule has 1 aromatic carbocycles. The van der Waals surface area contributed by atoms with Crippen molar-refractivity contribution in [1.82, 2.24) is 5.32 Å². The molecule has 13 heavy (non-hydrogen) atoms. The van der Waals surface area contributed by atoms with Crippen LogP contribution in [0.3, 0.4) is 0 Å². The number of nitrogens with one attached hydrogen (secondary N) is 1. The van der Waals surface area contributed by atoms with Gasteiger partial charge in [0.05, 0.1) is 5.02 Å². The molecule has 1 rings (SSSR count). The van der Waals surface area contributed by atoms with E-state index in [1.165, 1.54) is 5.56 Å². The summed E-state index contributed by atoms with van der Waals surface area (Å²) in [5.41, 5.74) is 1.22. The van der Waals surface area contributed by atoms with Gasteiger partial charge in [-0.05, 0) is 47.1 Å². The first-order valence-corrected chi connectivity index (χ1v) is 5.50. The molecule has 1 aromatic rings. The highest BCUT2D eigenvalue weighted by Gasteiger charge is 2.05. The second kappa shape index (κ2) is 4.99. The van der Waals surface area contributed by atoms with Gasteiger partial charge in [-0.15, -0.1) is 0 Å². The van der Waals surface area contributed by atoms with E-state index in [1.807, 2.05) is 12.1 Å². The Hall–Kier alpha value is -0.0500. The average Bonchev–Trinajstić information content (AvgIpc) is 2.10. The Morgan fingerprint density at radius 1 is 1.54 bits per heavy atom. The van der Waals surface area contributed by atoms with Crippen molar-refractivity contribution < 1.29 is 0 Å². The van der Waals surface area contributed by atoms with E-state index in [4.69, 9.17) is 11.6 Å². The maximum atomic E-state index is 5.98. The van der Waals surface area contributed by atoms with Crippen LogP contribution in [-0.4, -0.2) is 6.54 Å². The number of benzene rings is 1. The highest BCUT2D eigenvalue weighted by molar-refractivity contribution is 9.10. The molecule has 0 aliphatic carbocycles. The van der Waals surface area contributed by atoms with Crippen LogP contribution in [0.1, 0.15) is 25.5 Å². The van der Waals surface area contributed by atoms with E-state index >= 15 is 0 Å². The lowest BCUT2D eigenvalue weighted by molar-refractivity contribution is 0.598. The fourth-order valence-electron chi connectivity index (χ4n) is 1.21. The van der Waals surface area contributed by atoms with Crippen LogP contribution >= 0.6 is 27.5 Å². The Bertz CT molecular complexity index is 288. The van der Waals surface area contributed by atoms with Gasteiger partial charge in [-0.25, -0.2) is 0 Å². The minimum Gasteiger partial charge on any atom is -0.310 e. The van der Waals surface area contributed by atoms with Crippen LogP contribution in [0.15, 0.2) is 22.7 Å². The van der Waals surface area contributed by atoms with Gasteiger partial charge >= 0.3 is 0 Å². The summed E-state index contributed by atoms with van der Waals surface area (Å²) < 4.78 is 0.946. The molecular weight excluding hydrogens is 249 g/mol. The third-order valence-electron chi connectivity index (χ3n) is 1.95. The SMILES string of the molecule is CCNC(C)c1ccc(Br)c(Cl)c1. The lowest BCUT2D eigenvalue weighted by Gasteiger charge is -2.13. The molecule has 0 aliphatic heterocycles. The average molecular weight is 263 g/mol. The Balaban J connectivity index is 2.84. The maximum absolute atomic E-state index is 5.98. The van der Waals surface area contributed by atoms with Crippen molar-refractivity contribution >= 4 is 27.5 Å². The minimum atomic E-state index is 0.357. The molecule has 0 saturated heterocycles. The standard InChI is InChI=1S/C10H13BrClN/c1-3-13-7(2)8-4-5-9(11)10(12)6-8/h4-7,13H,3H2,1-2H3. The molecule has 0 radical (unpaired) electrons. The van der Waals surface area contributed by atoms with Crippen LogP contribution in [0.4, 0.5) is 0 Å². The fraction of sp³-hybridized carbons (Fsp3) is 0.400. The second-order valence-corrected chi connectivity index (χ2v) is 4.21. The zero-order chi connectivity index (χ0) is 9.84. The van der Waals surface area contributed by atoms with Gasteiger partial charge < -0.3 is 5.32 Å². The molecular formula is C10H13BrClN. The predicted molar refractivity (Wildman–Crippen MR) is 61.2 cm³/mol. The third kappa shape index (κ3) is 2.97. The number of halogens is 2. The lowest BCUT2D eigenvalue weighted by atomic mass is 10.1. The molecule has 0 amide bonds. The number of hydrogen-bond donors (Lipinski definition) is 1. The van der Waals surface area contributed by atoms with Gasteiger partial charge in [0.2, 0.25) is 0 Å². The quantitative estimate of drug-likeness (QED) is 0.874. The Kier molecular flexibility index (Phi) is 4.23. The predicted octanol–water partition coefficient (Wildman–Crippen LogP) is 3.77. The Labute approximate surface area is 92.6 Å². The van der Waals surface area contributed by atoms with E-state index in [0.29, 0.717) is 6.04 Å². The highest BCUT2D eigenvalue weighted by atomic mass is 79.9. The minimum absolute atomic E-state index is 0.357. The highest BCUT2D eigenvalue weighted by Crippen LogP contribution is 2.25. The summed E-state index contributed by atoms with van der Waals surface area (Å²) in [7, 11) is 0. The summed E-state index contributed by atoms with van der Waals surface area (Å²) in [6.45, 7) is 5.19. The fourth-order valence-corrected chi connectivity index (χ4v) is 1.64. The Morgan fingerprint density at radius 2 is 2.23 bits per heavy atom. The smallest absolute Gasteiger partial charge is 0.0551 e. The van der Waals surface area contributed by atoms with E-state index in [0.717, 1.165) is 16.0 Å². The molecule has 3 heteroatoms. The van der Waals surface area contributed by atoms with E-state index in [9.17, 15) is 0 Å². The molecule has 0 spiro atoms. The number of rotatable bonds is 3. The number of hydrogen-bond acceptors (Lipinski definition) is 1. The van der Waals surface area contributed by atoms with Crippen molar-refractivity contribution in [3.8, 4) is 0 Å². The topological polar surface area (TPSA) is 12.0 Å². The molecule has 0 heterocycles. The molecule has 0 bridgehead atoms. The summed E-state index contributed by atoms with van der Waals surface area (Å²) in [5.74, 6) is 0. The largest absolute Gasteiger partial charge is 0.310 e. The second-order valence-electron chi connectivity index (χ2n) is 2.95. The monoisotopic (exact) mass is 261 g/mol. The van der Waals surface area contributed by atoms with Crippen LogP contribution in [0.25, 0.3) is 0 Å². The summed E-state index contributed by atoms with van der Waals surface area (Å²) in [4.78, 5) is 0. The van der Waals surface area contributed by atoms with E-state index in [1.54, 1.807) is 0 Å². The van der Waals surface area contributed by atoms with Crippen LogP contribution in [-0.2, 0) is 0 Å². The molecule has 1 unspecified atom stereocenters. The van der Waals surface area contributed by atoms with Gasteiger partial charge in [0.1, 0.15) is 0 Å². The first-order valence-electron chi connectivity index (χ1n) is 4.33. The van der Waals surface area contributed by atoms with Crippen molar-refractivity contribution in [2.45, 2.75) is 19.9 Å². The van der Waals surface area contributed by atoms with Gasteiger partial charge in [0.15, 0.2) is 0 Å². The maximum Gasteiger partial charge on any atom is 0.0551 e. The molecule has 1 N–H and O–H groups in total. The molecule has 1 nitrogen and oxygen atoms in total. The van der Waals surface area contributed by atoms with Crippen molar-refractivity contribution in [2.75, 3.05) is 6.54 Å². The van der Waals surface area contributed by atoms with Crippen molar-refractivity contribution in [3.05, 3.63) is 33.3 Å².